The lowest BCUT2D eigenvalue weighted by Gasteiger charge is -2.05. The Bertz CT molecular complexity index is 681. The van der Waals surface area contributed by atoms with Crippen molar-refractivity contribution in [3.8, 4) is 0 Å². The minimum atomic E-state index is -3.73. The summed E-state index contributed by atoms with van der Waals surface area (Å²) in [5.41, 5.74) is 6.26. The Labute approximate surface area is 112 Å². The summed E-state index contributed by atoms with van der Waals surface area (Å²) in [6.45, 7) is 1.84. The largest absolute Gasteiger partial charge is 0.398 e. The number of hydrogen-bond acceptors (Lipinski definition) is 7. The summed E-state index contributed by atoms with van der Waals surface area (Å²) in [7, 11) is -3.73. The molecular formula is C9H10N4O2S3. The molecule has 0 aliphatic rings. The predicted octanol–water partition coefficient (Wildman–Crippen LogP) is 1.23. The van der Waals surface area contributed by atoms with Crippen LogP contribution < -0.4 is 10.9 Å². The summed E-state index contributed by atoms with van der Waals surface area (Å²) in [5.74, 6) is 0. The van der Waals surface area contributed by atoms with Crippen molar-refractivity contribution < 1.29 is 8.42 Å². The zero-order chi connectivity index (χ0) is 13.3. The maximum Gasteiger partial charge on any atom is 0.238 e. The third-order valence-corrected chi connectivity index (χ3v) is 4.89. The summed E-state index contributed by atoms with van der Waals surface area (Å²) in [5, 5.41) is 13.7. The molecule has 0 unspecified atom stereocenters. The van der Waals surface area contributed by atoms with E-state index in [1.54, 1.807) is 0 Å². The second-order valence-electron chi connectivity index (χ2n) is 3.43. The minimum Gasteiger partial charge on any atom is -0.398 e. The first-order valence-electron chi connectivity index (χ1n) is 4.76. The van der Waals surface area contributed by atoms with Gasteiger partial charge in [-0.25, -0.2) is 13.6 Å². The Morgan fingerprint density at radius 3 is 2.61 bits per heavy atom. The van der Waals surface area contributed by atoms with Gasteiger partial charge in [-0.1, -0.05) is 23.1 Å². The van der Waals surface area contributed by atoms with E-state index in [4.69, 9.17) is 10.9 Å². The van der Waals surface area contributed by atoms with Crippen LogP contribution in [0.25, 0.3) is 0 Å². The van der Waals surface area contributed by atoms with Gasteiger partial charge in [0.1, 0.15) is 5.01 Å². The highest BCUT2D eigenvalue weighted by Gasteiger charge is 2.12. The van der Waals surface area contributed by atoms with Gasteiger partial charge in [0.05, 0.1) is 4.90 Å². The number of primary sulfonamides is 1. The van der Waals surface area contributed by atoms with Crippen LogP contribution in [0.4, 0.5) is 5.69 Å². The maximum atomic E-state index is 11.3. The molecule has 2 aromatic rings. The molecule has 0 saturated heterocycles. The molecule has 4 N–H and O–H groups in total. The van der Waals surface area contributed by atoms with Crippen molar-refractivity contribution in [2.45, 2.75) is 21.1 Å². The number of nitrogens with two attached hydrogens (primary N) is 2. The Hall–Kier alpha value is -1.16. The average molecular weight is 302 g/mol. The molecule has 0 fully saturated rings. The van der Waals surface area contributed by atoms with Gasteiger partial charge in [-0.2, -0.15) is 0 Å². The number of benzene rings is 1. The van der Waals surface area contributed by atoms with Crippen molar-refractivity contribution in [3.05, 3.63) is 23.2 Å². The quantitative estimate of drug-likeness (QED) is 0.825. The van der Waals surface area contributed by atoms with E-state index in [1.807, 2.05) is 6.92 Å². The lowest BCUT2D eigenvalue weighted by molar-refractivity contribution is 0.597. The van der Waals surface area contributed by atoms with Crippen LogP contribution in [0.2, 0.25) is 0 Å². The van der Waals surface area contributed by atoms with Gasteiger partial charge < -0.3 is 5.73 Å². The van der Waals surface area contributed by atoms with Crippen LogP contribution in [0.15, 0.2) is 32.3 Å². The van der Waals surface area contributed by atoms with Gasteiger partial charge in [0.2, 0.25) is 10.0 Å². The molecule has 0 atom stereocenters. The van der Waals surface area contributed by atoms with Crippen molar-refractivity contribution in [3.63, 3.8) is 0 Å². The monoisotopic (exact) mass is 302 g/mol. The molecule has 1 heterocycles. The zero-order valence-electron chi connectivity index (χ0n) is 9.32. The topological polar surface area (TPSA) is 112 Å². The van der Waals surface area contributed by atoms with Crippen molar-refractivity contribution in [2.75, 3.05) is 5.73 Å². The smallest absolute Gasteiger partial charge is 0.238 e. The third kappa shape index (κ3) is 2.99. The molecule has 0 aliphatic carbocycles. The molecule has 6 nitrogen and oxygen atoms in total. The lowest BCUT2D eigenvalue weighted by atomic mass is 10.3. The highest BCUT2D eigenvalue weighted by atomic mass is 32.2. The van der Waals surface area contributed by atoms with E-state index in [2.05, 4.69) is 10.2 Å². The summed E-state index contributed by atoms with van der Waals surface area (Å²) in [6.07, 6.45) is 0. The van der Waals surface area contributed by atoms with Crippen molar-refractivity contribution in [1.82, 2.24) is 10.2 Å². The molecule has 9 heteroatoms. The van der Waals surface area contributed by atoms with Crippen molar-refractivity contribution in [1.29, 1.82) is 0 Å². The molecule has 0 aliphatic heterocycles. The molecule has 18 heavy (non-hydrogen) atoms. The number of anilines is 1. The van der Waals surface area contributed by atoms with Crippen LogP contribution in [0.5, 0.6) is 0 Å². The first kappa shape index (κ1) is 13.3. The number of hydrogen-bond donors (Lipinski definition) is 2. The summed E-state index contributed by atoms with van der Waals surface area (Å²) < 4.78 is 23.2. The molecule has 0 radical (unpaired) electrons. The maximum absolute atomic E-state index is 11.3. The van der Waals surface area contributed by atoms with E-state index in [9.17, 15) is 8.42 Å². The number of aromatic nitrogens is 2. The molecule has 0 saturated carbocycles. The molecular weight excluding hydrogens is 292 g/mol. The first-order chi connectivity index (χ1) is 8.36. The van der Waals surface area contributed by atoms with Gasteiger partial charge in [0.25, 0.3) is 0 Å². The molecule has 0 bridgehead atoms. The molecule has 0 amide bonds. The molecule has 0 spiro atoms. The van der Waals surface area contributed by atoms with Crippen molar-refractivity contribution >= 4 is 38.8 Å². The van der Waals surface area contributed by atoms with E-state index in [-0.39, 0.29) is 4.90 Å². The minimum absolute atomic E-state index is 0.0282. The number of nitrogens with zero attached hydrogens (tertiary/aromatic N) is 2. The Kier molecular flexibility index (Phi) is 3.57. The van der Waals surface area contributed by atoms with Gasteiger partial charge in [0.15, 0.2) is 4.34 Å². The highest BCUT2D eigenvalue weighted by Crippen LogP contribution is 2.34. The van der Waals surface area contributed by atoms with E-state index in [1.165, 1.54) is 41.3 Å². The van der Waals surface area contributed by atoms with Crippen LogP contribution in [0, 0.1) is 6.92 Å². The molecule has 1 aromatic carbocycles. The van der Waals surface area contributed by atoms with Crippen LogP contribution in [0.3, 0.4) is 0 Å². The highest BCUT2D eigenvalue weighted by molar-refractivity contribution is 8.01. The average Bonchev–Trinajstić information content (AvgIpc) is 2.66. The van der Waals surface area contributed by atoms with E-state index < -0.39 is 10.0 Å². The van der Waals surface area contributed by atoms with Gasteiger partial charge in [-0.15, -0.1) is 10.2 Å². The van der Waals surface area contributed by atoms with Gasteiger partial charge in [-0.05, 0) is 25.1 Å². The number of sulfonamides is 1. The summed E-state index contributed by atoms with van der Waals surface area (Å²) >= 11 is 2.67. The summed E-state index contributed by atoms with van der Waals surface area (Å²) in [6, 6.07) is 4.32. The number of rotatable bonds is 3. The second kappa shape index (κ2) is 4.84. The Balaban J connectivity index is 2.38. The normalized spacial score (nSPS) is 11.7. The van der Waals surface area contributed by atoms with Crippen LogP contribution >= 0.6 is 23.1 Å². The standard InChI is InChI=1S/C9H10N4O2S3/c1-5-12-13-9(16-5)17-8-4-6(18(11,14)15)2-3-7(8)10/h2-4H,10H2,1H3,(H2,11,14,15). The summed E-state index contributed by atoms with van der Waals surface area (Å²) in [4.78, 5) is 0.623. The van der Waals surface area contributed by atoms with Gasteiger partial charge in [-0.3, -0.25) is 0 Å². The third-order valence-electron chi connectivity index (χ3n) is 2.02. The molecule has 1 aromatic heterocycles. The van der Waals surface area contributed by atoms with E-state index in [0.29, 0.717) is 14.9 Å². The number of nitrogen functional groups attached to an aromatic ring is 1. The van der Waals surface area contributed by atoms with E-state index >= 15 is 0 Å². The molecule has 96 valence electrons. The fraction of sp³-hybridized carbons (Fsp3) is 0.111. The van der Waals surface area contributed by atoms with Gasteiger partial charge >= 0.3 is 0 Å². The van der Waals surface area contributed by atoms with Crippen LogP contribution in [-0.2, 0) is 10.0 Å². The lowest BCUT2D eigenvalue weighted by Crippen LogP contribution is -2.12. The fourth-order valence-electron chi connectivity index (χ4n) is 1.19. The van der Waals surface area contributed by atoms with Crippen molar-refractivity contribution in [2.24, 2.45) is 5.14 Å². The number of aryl methyl sites for hydroxylation is 1. The zero-order valence-corrected chi connectivity index (χ0v) is 11.8. The SMILES string of the molecule is Cc1nnc(Sc2cc(S(N)(=O)=O)ccc2N)s1. The predicted molar refractivity (Wildman–Crippen MR) is 71.0 cm³/mol. The first-order valence-corrected chi connectivity index (χ1v) is 7.94. The van der Waals surface area contributed by atoms with Gasteiger partial charge in [0, 0.05) is 10.6 Å². The van der Waals surface area contributed by atoms with Crippen LogP contribution in [0.1, 0.15) is 5.01 Å². The fourth-order valence-corrected chi connectivity index (χ4v) is 3.66. The Morgan fingerprint density at radius 2 is 2.06 bits per heavy atom. The molecule has 2 rings (SSSR count). The Morgan fingerprint density at radius 1 is 1.33 bits per heavy atom. The second-order valence-corrected chi connectivity index (χ2v) is 7.47. The van der Waals surface area contributed by atoms with E-state index in [0.717, 1.165) is 5.01 Å². The van der Waals surface area contributed by atoms with Crippen LogP contribution in [-0.4, -0.2) is 18.6 Å².